The number of carboxylic acid groups (broad SMARTS) is 1. The molecule has 0 aliphatic rings. The second-order valence-corrected chi connectivity index (χ2v) is 4.35. The maximum atomic E-state index is 10.9. The predicted octanol–water partition coefficient (Wildman–Crippen LogP) is 2.93. The number of hydrogen-bond acceptors (Lipinski definition) is 3. The van der Waals surface area contributed by atoms with Gasteiger partial charge in [-0.25, -0.2) is 4.79 Å². The van der Waals surface area contributed by atoms with Crippen LogP contribution in [0.25, 0.3) is 0 Å². The molecule has 0 aliphatic heterocycles. The summed E-state index contributed by atoms with van der Waals surface area (Å²) in [6, 6.07) is 10.4. The van der Waals surface area contributed by atoms with Gasteiger partial charge < -0.3 is 15.6 Å². The van der Waals surface area contributed by atoms with Crippen molar-refractivity contribution in [1.29, 1.82) is 0 Å². The number of carbonyl (C=O) groups excluding carboxylic acids is 1. The molecule has 0 aromatic heterocycles. The first-order chi connectivity index (χ1) is 9.47. The van der Waals surface area contributed by atoms with Crippen LogP contribution in [0.3, 0.4) is 0 Å². The molecule has 2 aromatic carbocycles. The lowest BCUT2D eigenvalue weighted by atomic mass is 10.2. The molecule has 2 rings (SSSR count). The molecule has 5 nitrogen and oxygen atoms in total. The number of benzene rings is 2. The highest BCUT2D eigenvalue weighted by molar-refractivity contribution is 6.32. The van der Waals surface area contributed by atoms with Crippen molar-refractivity contribution in [3.05, 3.63) is 58.6 Å². The maximum absolute atomic E-state index is 10.9. The summed E-state index contributed by atoms with van der Waals surface area (Å²) in [5, 5.41) is 9.01. The van der Waals surface area contributed by atoms with Gasteiger partial charge in [-0.2, -0.15) is 0 Å². The van der Waals surface area contributed by atoms with Crippen molar-refractivity contribution in [2.75, 3.05) is 0 Å². The molecule has 3 N–H and O–H groups in total. The zero-order valence-corrected chi connectivity index (χ0v) is 10.9. The van der Waals surface area contributed by atoms with Crippen LogP contribution >= 0.6 is 11.6 Å². The largest absolute Gasteiger partial charge is 0.478 e. The SMILES string of the molecule is NC(=O)c1ccc(Oc2ccc(C(=O)O)cc2Cl)cc1. The molecule has 0 saturated heterocycles. The highest BCUT2D eigenvalue weighted by Gasteiger charge is 2.09. The Hall–Kier alpha value is -2.53. The monoisotopic (exact) mass is 291 g/mol. The number of carbonyl (C=O) groups is 2. The van der Waals surface area contributed by atoms with E-state index in [1.165, 1.54) is 30.3 Å². The highest BCUT2D eigenvalue weighted by atomic mass is 35.5. The fourth-order valence-corrected chi connectivity index (χ4v) is 1.75. The molecule has 0 bridgehead atoms. The number of rotatable bonds is 4. The summed E-state index contributed by atoms with van der Waals surface area (Å²) < 4.78 is 5.50. The fourth-order valence-electron chi connectivity index (χ4n) is 1.53. The molecule has 0 aliphatic carbocycles. The number of primary amides is 1. The number of halogens is 1. The van der Waals surface area contributed by atoms with Gasteiger partial charge in [-0.05, 0) is 42.5 Å². The van der Waals surface area contributed by atoms with Crippen LogP contribution in [-0.4, -0.2) is 17.0 Å². The van der Waals surface area contributed by atoms with Crippen LogP contribution in [0.4, 0.5) is 0 Å². The first-order valence-corrected chi connectivity index (χ1v) is 5.96. The Kier molecular flexibility index (Phi) is 3.91. The Balaban J connectivity index is 2.21. The van der Waals surface area contributed by atoms with Crippen molar-refractivity contribution in [2.45, 2.75) is 0 Å². The first kappa shape index (κ1) is 13.9. The molecular formula is C14H10ClNO4. The van der Waals surface area contributed by atoms with Gasteiger partial charge in [0, 0.05) is 5.56 Å². The van der Waals surface area contributed by atoms with E-state index in [1.807, 2.05) is 0 Å². The van der Waals surface area contributed by atoms with Crippen LogP contribution < -0.4 is 10.5 Å². The molecule has 0 radical (unpaired) electrons. The Bertz CT molecular complexity index is 667. The van der Waals surface area contributed by atoms with E-state index < -0.39 is 11.9 Å². The van der Waals surface area contributed by atoms with Gasteiger partial charge in [0.15, 0.2) is 0 Å². The molecule has 0 atom stereocenters. The standard InChI is InChI=1S/C14H10ClNO4/c15-11-7-9(14(18)19)3-6-12(11)20-10-4-1-8(2-5-10)13(16)17/h1-7H,(H2,16,17)(H,18,19). The van der Waals surface area contributed by atoms with Crippen molar-refractivity contribution in [1.82, 2.24) is 0 Å². The summed E-state index contributed by atoms with van der Waals surface area (Å²) in [4.78, 5) is 21.7. The summed E-state index contributed by atoms with van der Waals surface area (Å²) >= 11 is 5.94. The predicted molar refractivity (Wildman–Crippen MR) is 73.4 cm³/mol. The number of ether oxygens (including phenoxy) is 1. The van der Waals surface area contributed by atoms with Crippen LogP contribution in [0, 0.1) is 0 Å². The third kappa shape index (κ3) is 3.07. The van der Waals surface area contributed by atoms with Gasteiger partial charge in [0.1, 0.15) is 11.5 Å². The van der Waals surface area contributed by atoms with Gasteiger partial charge in [-0.3, -0.25) is 4.79 Å². The van der Waals surface area contributed by atoms with E-state index in [0.29, 0.717) is 17.1 Å². The molecular weight excluding hydrogens is 282 g/mol. The topological polar surface area (TPSA) is 89.6 Å². The molecule has 0 fully saturated rings. The quantitative estimate of drug-likeness (QED) is 0.906. The zero-order valence-electron chi connectivity index (χ0n) is 10.2. The summed E-state index contributed by atoms with van der Waals surface area (Å²) in [6.45, 7) is 0. The molecule has 0 heterocycles. The van der Waals surface area contributed by atoms with E-state index in [9.17, 15) is 9.59 Å². The van der Waals surface area contributed by atoms with Gasteiger partial charge in [0.2, 0.25) is 5.91 Å². The zero-order chi connectivity index (χ0) is 14.7. The first-order valence-electron chi connectivity index (χ1n) is 5.58. The van der Waals surface area contributed by atoms with E-state index in [-0.39, 0.29) is 10.6 Å². The Morgan fingerprint density at radius 1 is 1.05 bits per heavy atom. The van der Waals surface area contributed by atoms with Crippen LogP contribution in [0.5, 0.6) is 11.5 Å². The molecule has 0 saturated carbocycles. The Labute approximate surface area is 119 Å². The summed E-state index contributed by atoms with van der Waals surface area (Å²) in [5.41, 5.74) is 5.57. The average Bonchev–Trinajstić information content (AvgIpc) is 2.41. The smallest absolute Gasteiger partial charge is 0.335 e. The number of aromatic carboxylic acids is 1. The number of hydrogen-bond donors (Lipinski definition) is 2. The van der Waals surface area contributed by atoms with Gasteiger partial charge in [-0.15, -0.1) is 0 Å². The second kappa shape index (κ2) is 5.63. The maximum Gasteiger partial charge on any atom is 0.335 e. The van der Waals surface area contributed by atoms with Gasteiger partial charge in [0.25, 0.3) is 0 Å². The molecule has 2 aromatic rings. The molecule has 6 heteroatoms. The van der Waals surface area contributed by atoms with Crippen molar-refractivity contribution in [3.8, 4) is 11.5 Å². The van der Waals surface area contributed by atoms with Gasteiger partial charge in [-0.1, -0.05) is 11.6 Å². The number of amides is 1. The lowest BCUT2D eigenvalue weighted by molar-refractivity contribution is 0.0696. The van der Waals surface area contributed by atoms with Crippen molar-refractivity contribution >= 4 is 23.5 Å². The number of nitrogens with two attached hydrogens (primary N) is 1. The van der Waals surface area contributed by atoms with E-state index in [1.54, 1.807) is 12.1 Å². The minimum Gasteiger partial charge on any atom is -0.478 e. The van der Waals surface area contributed by atoms with E-state index in [0.717, 1.165) is 0 Å². The highest BCUT2D eigenvalue weighted by Crippen LogP contribution is 2.30. The van der Waals surface area contributed by atoms with E-state index in [4.69, 9.17) is 27.2 Å². The second-order valence-electron chi connectivity index (χ2n) is 3.94. The normalized spacial score (nSPS) is 10.1. The summed E-state index contributed by atoms with van der Waals surface area (Å²) in [7, 11) is 0. The Morgan fingerprint density at radius 2 is 1.65 bits per heavy atom. The van der Waals surface area contributed by atoms with Gasteiger partial charge >= 0.3 is 5.97 Å². The van der Waals surface area contributed by atoms with E-state index >= 15 is 0 Å². The van der Waals surface area contributed by atoms with Gasteiger partial charge in [0.05, 0.1) is 10.6 Å². The van der Waals surface area contributed by atoms with Crippen LogP contribution in [0.15, 0.2) is 42.5 Å². The molecule has 1 amide bonds. The average molecular weight is 292 g/mol. The summed E-state index contributed by atoms with van der Waals surface area (Å²) in [5.74, 6) is -0.812. The Morgan fingerprint density at radius 3 is 2.15 bits per heavy atom. The lowest BCUT2D eigenvalue weighted by Gasteiger charge is -2.08. The van der Waals surface area contributed by atoms with Crippen molar-refractivity contribution in [3.63, 3.8) is 0 Å². The number of carboxylic acids is 1. The summed E-state index contributed by atoms with van der Waals surface area (Å²) in [6.07, 6.45) is 0. The van der Waals surface area contributed by atoms with Crippen LogP contribution in [0.1, 0.15) is 20.7 Å². The van der Waals surface area contributed by atoms with E-state index in [2.05, 4.69) is 0 Å². The van der Waals surface area contributed by atoms with Crippen LogP contribution in [-0.2, 0) is 0 Å². The molecule has 102 valence electrons. The van der Waals surface area contributed by atoms with Crippen molar-refractivity contribution < 1.29 is 19.4 Å². The minimum atomic E-state index is -1.07. The lowest BCUT2D eigenvalue weighted by Crippen LogP contribution is -2.10. The third-order valence-corrected chi connectivity index (χ3v) is 2.84. The third-order valence-electron chi connectivity index (χ3n) is 2.55. The van der Waals surface area contributed by atoms with Crippen molar-refractivity contribution in [2.24, 2.45) is 5.73 Å². The fraction of sp³-hybridized carbons (Fsp3) is 0. The minimum absolute atomic E-state index is 0.0754. The molecule has 0 spiro atoms. The van der Waals surface area contributed by atoms with Crippen LogP contribution in [0.2, 0.25) is 5.02 Å². The molecule has 0 unspecified atom stereocenters. The molecule has 20 heavy (non-hydrogen) atoms.